The van der Waals surface area contributed by atoms with Crippen molar-refractivity contribution >= 4 is 18.7 Å². The second kappa shape index (κ2) is 5.83. The molecule has 0 unspecified atom stereocenters. The van der Waals surface area contributed by atoms with E-state index in [1.54, 1.807) is 6.07 Å². The van der Waals surface area contributed by atoms with Gasteiger partial charge in [-0.15, -0.1) is 12.6 Å². The maximum absolute atomic E-state index is 12.7. The largest absolute Gasteiger partial charge is 0.378 e. The van der Waals surface area contributed by atoms with Crippen LogP contribution < -0.4 is 0 Å². The van der Waals surface area contributed by atoms with Crippen LogP contribution in [0, 0.1) is 5.82 Å². The molecular weight excluding hydrogens is 199 g/mol. The normalized spacial score (nSPS) is 11.1. The summed E-state index contributed by atoms with van der Waals surface area (Å²) in [5.41, 5.74) is 0.898. The Bertz CT molecular complexity index is 323. The standard InChI is InChI=1S/C11H13FOS/c1-2-13-7-3-4-9-5-6-10(12)8-11(9)14/h3-6,8,14H,2,7H2,1H3/b4-3+. The minimum absolute atomic E-state index is 0.267. The Morgan fingerprint density at radius 2 is 2.29 bits per heavy atom. The van der Waals surface area contributed by atoms with Crippen LogP contribution in [0.25, 0.3) is 6.08 Å². The Morgan fingerprint density at radius 3 is 2.93 bits per heavy atom. The molecule has 3 heteroatoms. The van der Waals surface area contributed by atoms with E-state index >= 15 is 0 Å². The number of rotatable bonds is 4. The number of hydrogen-bond donors (Lipinski definition) is 1. The summed E-state index contributed by atoms with van der Waals surface area (Å²) in [5.74, 6) is -0.267. The van der Waals surface area contributed by atoms with Crippen LogP contribution >= 0.6 is 12.6 Å². The first-order valence-corrected chi connectivity index (χ1v) is 4.91. The molecule has 1 aromatic carbocycles. The summed E-state index contributed by atoms with van der Waals surface area (Å²) in [7, 11) is 0. The molecule has 0 saturated heterocycles. The van der Waals surface area contributed by atoms with Gasteiger partial charge in [0.05, 0.1) is 6.61 Å². The minimum atomic E-state index is -0.267. The summed E-state index contributed by atoms with van der Waals surface area (Å²) >= 11 is 4.16. The summed E-state index contributed by atoms with van der Waals surface area (Å²) in [6, 6.07) is 4.50. The molecule has 1 aromatic rings. The van der Waals surface area contributed by atoms with E-state index in [-0.39, 0.29) is 5.82 Å². The fourth-order valence-electron chi connectivity index (χ4n) is 1.02. The first kappa shape index (κ1) is 11.3. The molecule has 0 saturated carbocycles. The van der Waals surface area contributed by atoms with Crippen molar-refractivity contribution < 1.29 is 9.13 Å². The molecule has 0 heterocycles. The molecule has 1 rings (SSSR count). The minimum Gasteiger partial charge on any atom is -0.378 e. The molecule has 0 atom stereocenters. The highest BCUT2D eigenvalue weighted by Gasteiger charge is 1.96. The summed E-state index contributed by atoms with van der Waals surface area (Å²) in [5, 5.41) is 0. The van der Waals surface area contributed by atoms with Crippen LogP contribution in [0.15, 0.2) is 29.2 Å². The van der Waals surface area contributed by atoms with E-state index in [4.69, 9.17) is 4.74 Å². The molecule has 0 bridgehead atoms. The maximum Gasteiger partial charge on any atom is 0.124 e. The number of ether oxygens (including phenoxy) is 1. The average molecular weight is 212 g/mol. The van der Waals surface area contributed by atoms with E-state index < -0.39 is 0 Å². The van der Waals surface area contributed by atoms with Gasteiger partial charge in [0.25, 0.3) is 0 Å². The average Bonchev–Trinajstić information content (AvgIpc) is 2.15. The predicted molar refractivity (Wildman–Crippen MR) is 59.2 cm³/mol. The molecule has 0 fully saturated rings. The molecular formula is C11H13FOS. The first-order chi connectivity index (χ1) is 6.74. The third-order valence-corrected chi connectivity index (χ3v) is 2.10. The highest BCUT2D eigenvalue weighted by atomic mass is 32.1. The quantitative estimate of drug-likeness (QED) is 0.596. The lowest BCUT2D eigenvalue weighted by Crippen LogP contribution is -1.88. The fourth-order valence-corrected chi connectivity index (χ4v) is 1.29. The van der Waals surface area contributed by atoms with Crippen LogP contribution in [0.1, 0.15) is 12.5 Å². The van der Waals surface area contributed by atoms with Gasteiger partial charge in [-0.25, -0.2) is 4.39 Å². The third kappa shape index (κ3) is 3.52. The van der Waals surface area contributed by atoms with E-state index in [1.165, 1.54) is 12.1 Å². The van der Waals surface area contributed by atoms with Crippen molar-refractivity contribution in [3.8, 4) is 0 Å². The van der Waals surface area contributed by atoms with Crippen LogP contribution in [0.5, 0.6) is 0 Å². The maximum atomic E-state index is 12.7. The smallest absolute Gasteiger partial charge is 0.124 e. The molecule has 14 heavy (non-hydrogen) atoms. The highest BCUT2D eigenvalue weighted by molar-refractivity contribution is 7.80. The van der Waals surface area contributed by atoms with E-state index in [1.807, 2.05) is 19.1 Å². The van der Waals surface area contributed by atoms with E-state index in [2.05, 4.69) is 12.6 Å². The molecule has 0 aliphatic rings. The van der Waals surface area contributed by atoms with Gasteiger partial charge in [-0.05, 0) is 24.6 Å². The molecule has 0 N–H and O–H groups in total. The van der Waals surface area contributed by atoms with Crippen molar-refractivity contribution in [3.05, 3.63) is 35.7 Å². The fraction of sp³-hybridized carbons (Fsp3) is 0.273. The molecule has 0 aromatic heterocycles. The zero-order valence-corrected chi connectivity index (χ0v) is 8.93. The lowest BCUT2D eigenvalue weighted by molar-refractivity contribution is 0.178. The van der Waals surface area contributed by atoms with Gasteiger partial charge < -0.3 is 4.74 Å². The van der Waals surface area contributed by atoms with Gasteiger partial charge in [-0.2, -0.15) is 0 Å². The summed E-state index contributed by atoms with van der Waals surface area (Å²) in [4.78, 5) is 0.637. The molecule has 1 nitrogen and oxygen atoms in total. The van der Waals surface area contributed by atoms with Gasteiger partial charge in [0.1, 0.15) is 5.82 Å². The predicted octanol–water partition coefficient (Wildman–Crippen LogP) is 3.16. The van der Waals surface area contributed by atoms with Crippen LogP contribution in [0.3, 0.4) is 0 Å². The lowest BCUT2D eigenvalue weighted by Gasteiger charge is -1.99. The van der Waals surface area contributed by atoms with Crippen LogP contribution in [0.4, 0.5) is 4.39 Å². The Morgan fingerprint density at radius 1 is 1.50 bits per heavy atom. The number of hydrogen-bond acceptors (Lipinski definition) is 2. The highest BCUT2D eigenvalue weighted by Crippen LogP contribution is 2.16. The Balaban J connectivity index is 2.62. The summed E-state index contributed by atoms with van der Waals surface area (Å²) < 4.78 is 17.8. The van der Waals surface area contributed by atoms with Gasteiger partial charge in [0, 0.05) is 11.5 Å². The van der Waals surface area contributed by atoms with Gasteiger partial charge in [0.15, 0.2) is 0 Å². The first-order valence-electron chi connectivity index (χ1n) is 4.47. The summed E-state index contributed by atoms with van der Waals surface area (Å²) in [6.45, 7) is 3.21. The number of benzene rings is 1. The topological polar surface area (TPSA) is 9.23 Å². The lowest BCUT2D eigenvalue weighted by atomic mass is 10.2. The van der Waals surface area contributed by atoms with Gasteiger partial charge >= 0.3 is 0 Å². The molecule has 0 radical (unpaired) electrons. The molecule has 0 aliphatic heterocycles. The van der Waals surface area contributed by atoms with Gasteiger partial charge in [-0.3, -0.25) is 0 Å². The molecule has 76 valence electrons. The Hall–Kier alpha value is -0.800. The Labute approximate surface area is 89.0 Å². The number of thiol groups is 1. The zero-order chi connectivity index (χ0) is 10.4. The van der Waals surface area contributed by atoms with Crippen molar-refractivity contribution in [1.82, 2.24) is 0 Å². The second-order valence-electron chi connectivity index (χ2n) is 2.76. The van der Waals surface area contributed by atoms with Crippen molar-refractivity contribution in [2.75, 3.05) is 13.2 Å². The second-order valence-corrected chi connectivity index (χ2v) is 3.25. The van der Waals surface area contributed by atoms with Gasteiger partial charge in [0.2, 0.25) is 0 Å². The van der Waals surface area contributed by atoms with Crippen molar-refractivity contribution in [2.24, 2.45) is 0 Å². The van der Waals surface area contributed by atoms with E-state index in [0.29, 0.717) is 18.1 Å². The third-order valence-electron chi connectivity index (χ3n) is 1.71. The van der Waals surface area contributed by atoms with Gasteiger partial charge in [-0.1, -0.05) is 18.2 Å². The van der Waals surface area contributed by atoms with Crippen molar-refractivity contribution in [1.29, 1.82) is 0 Å². The van der Waals surface area contributed by atoms with Crippen LogP contribution in [-0.4, -0.2) is 13.2 Å². The van der Waals surface area contributed by atoms with Crippen molar-refractivity contribution in [2.45, 2.75) is 11.8 Å². The summed E-state index contributed by atoms with van der Waals surface area (Å²) in [6.07, 6.45) is 3.76. The van der Waals surface area contributed by atoms with Crippen LogP contribution in [0.2, 0.25) is 0 Å². The van der Waals surface area contributed by atoms with E-state index in [9.17, 15) is 4.39 Å². The SMILES string of the molecule is CCOC/C=C/c1ccc(F)cc1S. The molecule has 0 aliphatic carbocycles. The zero-order valence-electron chi connectivity index (χ0n) is 8.03. The van der Waals surface area contributed by atoms with E-state index in [0.717, 1.165) is 5.56 Å². The Kier molecular flexibility index (Phi) is 4.70. The molecule has 0 amide bonds. The van der Waals surface area contributed by atoms with Crippen LogP contribution in [-0.2, 0) is 4.74 Å². The molecule has 0 spiro atoms. The monoisotopic (exact) mass is 212 g/mol. The number of halogens is 1. The van der Waals surface area contributed by atoms with Crippen molar-refractivity contribution in [3.63, 3.8) is 0 Å².